The molecule has 1 fully saturated rings. The maximum Gasteiger partial charge on any atom is 0.196 e. The van der Waals surface area contributed by atoms with Crippen molar-refractivity contribution in [1.82, 2.24) is 10.1 Å². The van der Waals surface area contributed by atoms with Crippen LogP contribution in [0.4, 0.5) is 0 Å². The number of hydrogen-bond acceptors (Lipinski definition) is 5. The predicted molar refractivity (Wildman–Crippen MR) is 43.1 cm³/mol. The molecule has 0 spiro atoms. The first kappa shape index (κ1) is 7.82. The van der Waals surface area contributed by atoms with Crippen LogP contribution in [-0.4, -0.2) is 47.6 Å². The van der Waals surface area contributed by atoms with Crippen LogP contribution in [0, 0.1) is 0 Å². The molecule has 2 rings (SSSR count). The summed E-state index contributed by atoms with van der Waals surface area (Å²) in [5.74, 6) is 0. The summed E-state index contributed by atoms with van der Waals surface area (Å²) in [6, 6.07) is 0. The van der Waals surface area contributed by atoms with Crippen LogP contribution in [-0.2, 0) is 4.74 Å². The molecule has 68 valence electrons. The highest BCUT2D eigenvalue weighted by Gasteiger charge is 2.22. The van der Waals surface area contributed by atoms with Gasteiger partial charge in [0.05, 0.1) is 6.10 Å². The van der Waals surface area contributed by atoms with E-state index in [1.54, 1.807) is 5.12 Å². The van der Waals surface area contributed by atoms with Crippen LogP contribution in [0.3, 0.4) is 0 Å². The molecule has 2 aliphatic rings. The molecule has 0 aromatic heterocycles. The van der Waals surface area contributed by atoms with Crippen molar-refractivity contribution < 1.29 is 9.84 Å². The van der Waals surface area contributed by atoms with Crippen LogP contribution >= 0.6 is 0 Å². The van der Waals surface area contributed by atoms with E-state index in [4.69, 9.17) is 4.74 Å². The Hall–Kier alpha value is -0.810. The second-order valence-corrected chi connectivity index (χ2v) is 3.07. The molecule has 5 heteroatoms. The summed E-state index contributed by atoms with van der Waals surface area (Å²) in [5, 5.41) is 17.2. The molecule has 0 atom stereocenters. The third-order valence-corrected chi connectivity index (χ3v) is 2.21. The van der Waals surface area contributed by atoms with Crippen molar-refractivity contribution in [3.05, 3.63) is 0 Å². The van der Waals surface area contributed by atoms with Crippen molar-refractivity contribution in [2.45, 2.75) is 18.9 Å². The Bertz CT molecular complexity index is 177. The quantitative estimate of drug-likeness (QED) is 0.582. The Labute approximate surface area is 71.2 Å². The van der Waals surface area contributed by atoms with Crippen molar-refractivity contribution in [3.63, 3.8) is 0 Å². The second-order valence-electron chi connectivity index (χ2n) is 3.07. The van der Waals surface area contributed by atoms with E-state index in [0.29, 0.717) is 6.73 Å². The van der Waals surface area contributed by atoms with Gasteiger partial charge >= 0.3 is 0 Å². The van der Waals surface area contributed by atoms with Gasteiger partial charge in [0.1, 0.15) is 0 Å². The Balaban J connectivity index is 1.84. The molecule has 12 heavy (non-hydrogen) atoms. The maximum absolute atomic E-state index is 9.25. The van der Waals surface area contributed by atoms with Gasteiger partial charge in [-0.05, 0) is 12.8 Å². The van der Waals surface area contributed by atoms with E-state index in [1.807, 2.05) is 0 Å². The first-order valence-electron chi connectivity index (χ1n) is 4.21. The lowest BCUT2D eigenvalue weighted by atomic mass is 10.1. The van der Waals surface area contributed by atoms with Gasteiger partial charge in [0, 0.05) is 13.1 Å². The second kappa shape index (κ2) is 3.28. The van der Waals surface area contributed by atoms with E-state index in [1.165, 1.54) is 6.40 Å². The number of ether oxygens (including phenoxy) is 1. The van der Waals surface area contributed by atoms with Gasteiger partial charge in [-0.1, -0.05) is 0 Å². The zero-order valence-electron chi connectivity index (χ0n) is 6.89. The van der Waals surface area contributed by atoms with Gasteiger partial charge in [-0.15, -0.1) is 5.10 Å². The Kier molecular flexibility index (Phi) is 2.14. The SMILES string of the molecule is OC1CCN(N2COC=N2)CC1. The van der Waals surface area contributed by atoms with E-state index >= 15 is 0 Å². The molecule has 1 saturated heterocycles. The van der Waals surface area contributed by atoms with E-state index in [0.717, 1.165) is 25.9 Å². The molecule has 2 aliphatic heterocycles. The summed E-state index contributed by atoms with van der Waals surface area (Å²) >= 11 is 0. The highest BCUT2D eigenvalue weighted by atomic mass is 16.5. The molecule has 2 heterocycles. The lowest BCUT2D eigenvalue weighted by Crippen LogP contribution is -2.44. The predicted octanol–water partition coefficient (Wildman–Crippen LogP) is -0.409. The molecular formula is C7H13N3O2. The number of aliphatic hydroxyl groups is 1. The van der Waals surface area contributed by atoms with Crippen molar-refractivity contribution in [2.24, 2.45) is 5.10 Å². The van der Waals surface area contributed by atoms with Crippen LogP contribution in [0.25, 0.3) is 0 Å². The Morgan fingerprint density at radius 1 is 1.42 bits per heavy atom. The van der Waals surface area contributed by atoms with Gasteiger partial charge in [-0.2, -0.15) is 5.12 Å². The average Bonchev–Trinajstić information content (AvgIpc) is 2.58. The van der Waals surface area contributed by atoms with Crippen LogP contribution in [0.5, 0.6) is 0 Å². The molecule has 0 unspecified atom stereocenters. The topological polar surface area (TPSA) is 48.3 Å². The molecule has 0 amide bonds. The lowest BCUT2D eigenvalue weighted by Gasteiger charge is -2.33. The molecular weight excluding hydrogens is 158 g/mol. The first-order chi connectivity index (χ1) is 5.86. The van der Waals surface area contributed by atoms with Gasteiger partial charge in [-0.3, -0.25) is 0 Å². The molecule has 0 saturated carbocycles. The largest absolute Gasteiger partial charge is 0.458 e. The third-order valence-electron chi connectivity index (χ3n) is 2.21. The fourth-order valence-electron chi connectivity index (χ4n) is 1.46. The summed E-state index contributed by atoms with van der Waals surface area (Å²) in [4.78, 5) is 0. The standard InChI is InChI=1S/C7H13N3O2/c11-7-1-3-9(4-2-7)10-6-12-5-8-10/h5,7,11H,1-4,6H2. The van der Waals surface area contributed by atoms with Gasteiger partial charge in [0.2, 0.25) is 0 Å². The lowest BCUT2D eigenvalue weighted by molar-refractivity contribution is -0.0831. The fraction of sp³-hybridized carbons (Fsp3) is 0.857. The van der Waals surface area contributed by atoms with E-state index in [9.17, 15) is 5.11 Å². The van der Waals surface area contributed by atoms with Gasteiger partial charge in [-0.25, -0.2) is 5.01 Å². The Morgan fingerprint density at radius 3 is 2.75 bits per heavy atom. The zero-order chi connectivity index (χ0) is 8.39. The molecule has 5 nitrogen and oxygen atoms in total. The van der Waals surface area contributed by atoms with E-state index in [2.05, 4.69) is 10.1 Å². The van der Waals surface area contributed by atoms with Gasteiger partial charge in [0.15, 0.2) is 13.1 Å². The summed E-state index contributed by atoms with van der Waals surface area (Å²) in [6.07, 6.45) is 2.97. The van der Waals surface area contributed by atoms with Crippen molar-refractivity contribution in [1.29, 1.82) is 0 Å². The number of piperidine rings is 1. The molecule has 1 N–H and O–H groups in total. The summed E-state index contributed by atoms with van der Waals surface area (Å²) < 4.78 is 4.97. The van der Waals surface area contributed by atoms with Crippen molar-refractivity contribution in [3.8, 4) is 0 Å². The van der Waals surface area contributed by atoms with Crippen molar-refractivity contribution >= 4 is 6.40 Å². The number of aliphatic hydroxyl groups excluding tert-OH is 1. The van der Waals surface area contributed by atoms with Crippen LogP contribution < -0.4 is 0 Å². The number of nitrogens with zero attached hydrogens (tertiary/aromatic N) is 3. The smallest absolute Gasteiger partial charge is 0.196 e. The van der Waals surface area contributed by atoms with Crippen LogP contribution in [0.15, 0.2) is 5.10 Å². The number of hydrazine groups is 1. The normalized spacial score (nSPS) is 26.2. The van der Waals surface area contributed by atoms with E-state index in [-0.39, 0.29) is 6.10 Å². The molecule has 0 radical (unpaired) electrons. The number of hydrazone groups is 1. The minimum atomic E-state index is -0.131. The maximum atomic E-state index is 9.25. The molecule has 0 aromatic rings. The zero-order valence-corrected chi connectivity index (χ0v) is 6.89. The van der Waals surface area contributed by atoms with Crippen LogP contribution in [0.2, 0.25) is 0 Å². The monoisotopic (exact) mass is 171 g/mol. The summed E-state index contributed by atoms with van der Waals surface area (Å²) in [6.45, 7) is 2.24. The molecule has 0 bridgehead atoms. The molecule has 0 aromatic carbocycles. The van der Waals surface area contributed by atoms with Gasteiger partial charge < -0.3 is 9.84 Å². The summed E-state index contributed by atoms with van der Waals surface area (Å²) in [7, 11) is 0. The minimum Gasteiger partial charge on any atom is -0.458 e. The van der Waals surface area contributed by atoms with E-state index < -0.39 is 0 Å². The number of rotatable bonds is 1. The van der Waals surface area contributed by atoms with Crippen molar-refractivity contribution in [2.75, 3.05) is 19.8 Å². The number of hydrogen-bond donors (Lipinski definition) is 1. The highest BCUT2D eigenvalue weighted by Crippen LogP contribution is 2.13. The van der Waals surface area contributed by atoms with Crippen LogP contribution in [0.1, 0.15) is 12.8 Å². The minimum absolute atomic E-state index is 0.131. The highest BCUT2D eigenvalue weighted by molar-refractivity contribution is 5.46. The third kappa shape index (κ3) is 1.51. The summed E-state index contributed by atoms with van der Waals surface area (Å²) in [5.41, 5.74) is 0. The van der Waals surface area contributed by atoms with Gasteiger partial charge in [0.25, 0.3) is 0 Å². The average molecular weight is 171 g/mol. The first-order valence-corrected chi connectivity index (χ1v) is 4.21. The molecule has 0 aliphatic carbocycles. The fourth-order valence-corrected chi connectivity index (χ4v) is 1.46. The Morgan fingerprint density at radius 2 is 2.17 bits per heavy atom.